The molecule has 1 aromatic carbocycles. The minimum Gasteiger partial charge on any atom is -0.490 e. The molecule has 124 valence electrons. The molecule has 1 fully saturated rings. The zero-order valence-corrected chi connectivity index (χ0v) is 13.4. The van der Waals surface area contributed by atoms with Crippen molar-refractivity contribution in [3.05, 3.63) is 48.2 Å². The van der Waals surface area contributed by atoms with Crippen molar-refractivity contribution >= 4 is 11.3 Å². The predicted molar refractivity (Wildman–Crippen MR) is 87.8 cm³/mol. The van der Waals surface area contributed by atoms with Gasteiger partial charge in [0.25, 0.3) is 0 Å². The molecule has 0 atom stereocenters. The van der Waals surface area contributed by atoms with Gasteiger partial charge < -0.3 is 9.64 Å². The number of fused-ring (bicyclic) bond motifs is 1. The topological polar surface area (TPSA) is 55.5 Å². The monoisotopic (exact) mass is 327 g/mol. The molecule has 0 amide bonds. The minimum atomic E-state index is -0.248. The van der Waals surface area contributed by atoms with E-state index in [0.717, 1.165) is 48.7 Å². The van der Waals surface area contributed by atoms with Gasteiger partial charge in [-0.1, -0.05) is 0 Å². The molecule has 0 N–H and O–H groups in total. The predicted octanol–water partition coefficient (Wildman–Crippen LogP) is 2.62. The summed E-state index contributed by atoms with van der Waals surface area (Å²) in [5, 5.41) is 12.5. The molecule has 24 heavy (non-hydrogen) atoms. The fourth-order valence-electron chi connectivity index (χ4n) is 3.09. The van der Waals surface area contributed by atoms with E-state index < -0.39 is 0 Å². The van der Waals surface area contributed by atoms with Crippen LogP contribution in [0.2, 0.25) is 0 Å². The van der Waals surface area contributed by atoms with E-state index in [4.69, 9.17) is 4.74 Å². The summed E-state index contributed by atoms with van der Waals surface area (Å²) in [4.78, 5) is 2.29. The zero-order chi connectivity index (χ0) is 16.5. The molecule has 2 aromatic heterocycles. The highest BCUT2D eigenvalue weighted by Crippen LogP contribution is 2.26. The van der Waals surface area contributed by atoms with Gasteiger partial charge >= 0.3 is 0 Å². The fourth-order valence-corrected chi connectivity index (χ4v) is 3.09. The Hall–Kier alpha value is -2.70. The van der Waals surface area contributed by atoms with Crippen molar-refractivity contribution in [1.29, 1.82) is 0 Å². The lowest BCUT2D eigenvalue weighted by Crippen LogP contribution is -2.38. The molecule has 7 heteroatoms. The summed E-state index contributed by atoms with van der Waals surface area (Å²) in [5.41, 5.74) is 2.76. The third-order valence-corrected chi connectivity index (χ3v) is 4.27. The van der Waals surface area contributed by atoms with Crippen molar-refractivity contribution in [3.8, 4) is 5.75 Å². The summed E-state index contributed by atoms with van der Waals surface area (Å²) in [6, 6.07) is 8.24. The van der Waals surface area contributed by atoms with E-state index in [9.17, 15) is 4.39 Å². The molecule has 0 spiro atoms. The molecular formula is C17H18FN5O. The van der Waals surface area contributed by atoms with Crippen LogP contribution in [-0.2, 0) is 0 Å². The van der Waals surface area contributed by atoms with Crippen LogP contribution in [0.1, 0.15) is 18.5 Å². The first-order valence-corrected chi connectivity index (χ1v) is 8.04. The van der Waals surface area contributed by atoms with Crippen LogP contribution < -0.4 is 9.64 Å². The van der Waals surface area contributed by atoms with Crippen LogP contribution in [0.5, 0.6) is 5.75 Å². The Morgan fingerprint density at radius 1 is 1.17 bits per heavy atom. The molecule has 1 aliphatic rings. The average Bonchev–Trinajstić information content (AvgIpc) is 3.05. The maximum atomic E-state index is 13.0. The highest BCUT2D eigenvalue weighted by atomic mass is 19.1. The largest absolute Gasteiger partial charge is 0.490 e. The SMILES string of the molecule is Cc1cc(N2CCC(Oc3ccc(F)cc3)CC2)c2nncn2n1. The van der Waals surface area contributed by atoms with Gasteiger partial charge in [-0.25, -0.2) is 4.39 Å². The Balaban J connectivity index is 1.45. The number of hydrogen-bond acceptors (Lipinski definition) is 5. The maximum absolute atomic E-state index is 13.0. The second-order valence-electron chi connectivity index (χ2n) is 6.03. The molecule has 6 nitrogen and oxygen atoms in total. The van der Waals surface area contributed by atoms with Gasteiger partial charge in [0.2, 0.25) is 5.65 Å². The van der Waals surface area contributed by atoms with E-state index in [1.54, 1.807) is 23.0 Å². The van der Waals surface area contributed by atoms with Gasteiger partial charge in [0.1, 0.15) is 24.0 Å². The number of aromatic nitrogens is 4. The van der Waals surface area contributed by atoms with Crippen LogP contribution in [0, 0.1) is 12.7 Å². The number of ether oxygens (including phenoxy) is 1. The summed E-state index contributed by atoms with van der Waals surface area (Å²) >= 11 is 0. The van der Waals surface area contributed by atoms with Crippen LogP contribution in [0.3, 0.4) is 0 Å². The molecule has 1 aliphatic heterocycles. The van der Waals surface area contributed by atoms with E-state index in [1.165, 1.54) is 12.1 Å². The Kier molecular flexibility index (Phi) is 3.76. The number of hydrogen-bond donors (Lipinski definition) is 0. The third-order valence-electron chi connectivity index (χ3n) is 4.27. The molecule has 0 aliphatic carbocycles. The van der Waals surface area contributed by atoms with E-state index >= 15 is 0 Å². The first-order valence-electron chi connectivity index (χ1n) is 8.04. The Morgan fingerprint density at radius 2 is 1.92 bits per heavy atom. The van der Waals surface area contributed by atoms with Crippen molar-refractivity contribution in [3.63, 3.8) is 0 Å². The van der Waals surface area contributed by atoms with Gasteiger partial charge in [0.15, 0.2) is 0 Å². The first-order chi connectivity index (χ1) is 11.7. The van der Waals surface area contributed by atoms with Crippen molar-refractivity contribution in [2.75, 3.05) is 18.0 Å². The molecule has 3 aromatic rings. The number of halogens is 1. The second-order valence-corrected chi connectivity index (χ2v) is 6.03. The molecular weight excluding hydrogens is 309 g/mol. The standard InChI is InChI=1S/C17H18FN5O/c1-12-10-16(17-20-19-11-23(17)21-12)22-8-6-15(7-9-22)24-14-4-2-13(18)3-5-14/h2-5,10-11,15H,6-9H2,1H3. The van der Waals surface area contributed by atoms with Gasteiger partial charge in [-0.15, -0.1) is 10.2 Å². The van der Waals surface area contributed by atoms with Gasteiger partial charge in [-0.05, 0) is 37.3 Å². The molecule has 3 heterocycles. The number of nitrogens with zero attached hydrogens (tertiary/aromatic N) is 5. The lowest BCUT2D eigenvalue weighted by atomic mass is 10.1. The summed E-state index contributed by atoms with van der Waals surface area (Å²) in [5.74, 6) is 0.469. The third kappa shape index (κ3) is 2.89. The van der Waals surface area contributed by atoms with E-state index in [0.29, 0.717) is 0 Å². The lowest BCUT2D eigenvalue weighted by Gasteiger charge is -2.33. The smallest absolute Gasteiger partial charge is 0.200 e. The van der Waals surface area contributed by atoms with Crippen LogP contribution in [0.15, 0.2) is 36.7 Å². The van der Waals surface area contributed by atoms with E-state index in [1.807, 2.05) is 13.0 Å². The van der Waals surface area contributed by atoms with E-state index in [2.05, 4.69) is 20.2 Å². The zero-order valence-electron chi connectivity index (χ0n) is 13.4. The Bertz CT molecular complexity index is 840. The summed E-state index contributed by atoms with van der Waals surface area (Å²) in [6.07, 6.45) is 3.57. The molecule has 1 saturated heterocycles. The Labute approximate surface area is 138 Å². The van der Waals surface area contributed by atoms with Crippen molar-refractivity contribution in [2.24, 2.45) is 0 Å². The van der Waals surface area contributed by atoms with Crippen LogP contribution in [-0.4, -0.2) is 39.0 Å². The van der Waals surface area contributed by atoms with Gasteiger partial charge in [0, 0.05) is 25.9 Å². The molecule has 0 bridgehead atoms. The summed E-state index contributed by atoms with van der Waals surface area (Å²) < 4.78 is 20.6. The second kappa shape index (κ2) is 6.07. The fraction of sp³-hybridized carbons (Fsp3) is 0.353. The van der Waals surface area contributed by atoms with Crippen molar-refractivity contribution in [1.82, 2.24) is 19.8 Å². The molecule has 0 saturated carbocycles. The Morgan fingerprint density at radius 3 is 2.67 bits per heavy atom. The highest BCUT2D eigenvalue weighted by molar-refractivity contribution is 5.68. The molecule has 0 radical (unpaired) electrons. The number of benzene rings is 1. The summed E-state index contributed by atoms with van der Waals surface area (Å²) in [6.45, 7) is 3.71. The first kappa shape index (κ1) is 14.9. The maximum Gasteiger partial charge on any atom is 0.200 e. The average molecular weight is 327 g/mol. The van der Waals surface area contributed by atoms with Crippen LogP contribution in [0.4, 0.5) is 10.1 Å². The van der Waals surface area contributed by atoms with Gasteiger partial charge in [-0.2, -0.15) is 9.61 Å². The van der Waals surface area contributed by atoms with Gasteiger partial charge in [-0.3, -0.25) is 0 Å². The molecule has 4 rings (SSSR count). The number of anilines is 1. The number of piperidine rings is 1. The highest BCUT2D eigenvalue weighted by Gasteiger charge is 2.23. The quantitative estimate of drug-likeness (QED) is 0.740. The summed E-state index contributed by atoms with van der Waals surface area (Å²) in [7, 11) is 0. The normalized spacial score (nSPS) is 15.8. The van der Waals surface area contributed by atoms with E-state index in [-0.39, 0.29) is 11.9 Å². The van der Waals surface area contributed by atoms with Gasteiger partial charge in [0.05, 0.1) is 11.4 Å². The van der Waals surface area contributed by atoms with Crippen molar-refractivity contribution < 1.29 is 9.13 Å². The molecule has 0 unspecified atom stereocenters. The lowest BCUT2D eigenvalue weighted by molar-refractivity contribution is 0.171. The number of rotatable bonds is 3. The minimum absolute atomic E-state index is 0.142. The van der Waals surface area contributed by atoms with Crippen LogP contribution in [0.25, 0.3) is 5.65 Å². The van der Waals surface area contributed by atoms with Crippen LogP contribution >= 0.6 is 0 Å². The van der Waals surface area contributed by atoms with Crippen molar-refractivity contribution in [2.45, 2.75) is 25.9 Å². The number of aryl methyl sites for hydroxylation is 1.